The number of thiol groups is 1. The van der Waals surface area contributed by atoms with Crippen LogP contribution in [0.3, 0.4) is 0 Å². The lowest BCUT2D eigenvalue weighted by Crippen LogP contribution is -2.52. The number of carbonyl (C=O) groups excluding carboxylic acids is 2. The summed E-state index contributed by atoms with van der Waals surface area (Å²) in [5.74, 6) is 0.618. The van der Waals surface area contributed by atoms with Gasteiger partial charge >= 0.3 is 6.09 Å². The van der Waals surface area contributed by atoms with E-state index in [1.807, 2.05) is 37.8 Å². The van der Waals surface area contributed by atoms with Crippen molar-refractivity contribution in [3.8, 4) is 0 Å². The third-order valence-corrected chi connectivity index (χ3v) is 4.97. The summed E-state index contributed by atoms with van der Waals surface area (Å²) in [4.78, 5) is 29.3. The number of carbonyl (C=O) groups is 2. The number of nitrogens with zero attached hydrogens (tertiary/aromatic N) is 2. The number of piperazine rings is 1. The van der Waals surface area contributed by atoms with Gasteiger partial charge in [-0.05, 0) is 50.8 Å². The first-order valence-electron chi connectivity index (χ1n) is 8.80. The van der Waals surface area contributed by atoms with E-state index in [0.717, 1.165) is 11.3 Å². The summed E-state index contributed by atoms with van der Waals surface area (Å²) in [5.41, 5.74) is 0.719. The monoisotopic (exact) mass is 362 g/mol. The van der Waals surface area contributed by atoms with Gasteiger partial charge in [0.05, 0.1) is 0 Å². The first kappa shape index (κ1) is 18.1. The summed E-state index contributed by atoms with van der Waals surface area (Å²) >= 11 is 4.30. The van der Waals surface area contributed by atoms with Gasteiger partial charge in [0.2, 0.25) is 5.91 Å². The molecule has 1 unspecified atom stereocenters. The van der Waals surface area contributed by atoms with Gasteiger partial charge in [-0.15, -0.1) is 12.6 Å². The Labute approximate surface area is 154 Å². The highest BCUT2D eigenvalue weighted by atomic mass is 32.1. The van der Waals surface area contributed by atoms with Crippen molar-refractivity contribution in [1.82, 2.24) is 9.80 Å². The minimum absolute atomic E-state index is 0.0823. The fourth-order valence-corrected chi connectivity index (χ4v) is 3.38. The van der Waals surface area contributed by atoms with Crippen LogP contribution in [-0.2, 0) is 9.53 Å². The maximum absolute atomic E-state index is 12.7. The van der Waals surface area contributed by atoms with Crippen LogP contribution in [0.1, 0.15) is 38.7 Å². The molecule has 1 saturated carbocycles. The first-order chi connectivity index (χ1) is 11.7. The lowest BCUT2D eigenvalue weighted by molar-refractivity contribution is -0.134. The van der Waals surface area contributed by atoms with Gasteiger partial charge in [0.1, 0.15) is 5.60 Å². The number of ether oxygens (including phenoxy) is 1. The molecule has 1 aromatic carbocycles. The number of rotatable bonds is 2. The standard InChI is InChI=1S/C19H26N2O3S/c1-19(2,3)24-18(23)21-10-8-20(9-11-21)17(22)16-12-15(16)13-4-6-14(25)7-5-13/h4-7,15-16,25H,8-12H2,1-3H3/t15-,16?/m0/s1. The zero-order valence-electron chi connectivity index (χ0n) is 15.1. The molecular weight excluding hydrogens is 336 g/mol. The number of benzene rings is 1. The number of hydrogen-bond donors (Lipinski definition) is 1. The maximum atomic E-state index is 12.7. The predicted molar refractivity (Wildman–Crippen MR) is 98.9 cm³/mol. The highest BCUT2D eigenvalue weighted by molar-refractivity contribution is 7.80. The quantitative estimate of drug-likeness (QED) is 0.822. The van der Waals surface area contributed by atoms with E-state index >= 15 is 0 Å². The Hall–Kier alpha value is -1.69. The Bertz CT molecular complexity index is 646. The second-order valence-electron chi connectivity index (χ2n) is 7.83. The Morgan fingerprint density at radius 1 is 1.04 bits per heavy atom. The van der Waals surface area contributed by atoms with Gasteiger partial charge in [0.25, 0.3) is 0 Å². The van der Waals surface area contributed by atoms with Crippen LogP contribution in [0.25, 0.3) is 0 Å². The molecule has 1 aliphatic carbocycles. The molecular formula is C19H26N2O3S. The fraction of sp³-hybridized carbons (Fsp3) is 0.579. The second-order valence-corrected chi connectivity index (χ2v) is 8.35. The van der Waals surface area contributed by atoms with Crippen molar-refractivity contribution < 1.29 is 14.3 Å². The predicted octanol–water partition coefficient (Wildman–Crippen LogP) is 3.16. The minimum atomic E-state index is -0.492. The van der Waals surface area contributed by atoms with Crippen LogP contribution in [0.2, 0.25) is 0 Å². The van der Waals surface area contributed by atoms with Crippen LogP contribution in [0.15, 0.2) is 29.2 Å². The Balaban J connectivity index is 1.49. The molecule has 5 nitrogen and oxygen atoms in total. The summed E-state index contributed by atoms with van der Waals surface area (Å²) in [7, 11) is 0. The number of hydrogen-bond acceptors (Lipinski definition) is 4. The minimum Gasteiger partial charge on any atom is -0.444 e. The van der Waals surface area contributed by atoms with E-state index in [1.54, 1.807) is 4.90 Å². The van der Waals surface area contributed by atoms with Gasteiger partial charge in [0, 0.05) is 37.0 Å². The molecule has 2 amide bonds. The largest absolute Gasteiger partial charge is 0.444 e. The molecule has 1 aliphatic heterocycles. The summed E-state index contributed by atoms with van der Waals surface area (Å²) in [6, 6.07) is 8.05. The molecule has 0 spiro atoms. The molecule has 2 fully saturated rings. The van der Waals surface area contributed by atoms with Crippen molar-refractivity contribution in [3.63, 3.8) is 0 Å². The summed E-state index contributed by atoms with van der Waals surface area (Å²) in [5, 5.41) is 0. The van der Waals surface area contributed by atoms with Crippen LogP contribution >= 0.6 is 12.6 Å². The average Bonchev–Trinajstić information content (AvgIpc) is 3.34. The lowest BCUT2D eigenvalue weighted by atomic mass is 10.1. The van der Waals surface area contributed by atoms with Crippen LogP contribution < -0.4 is 0 Å². The SMILES string of the molecule is CC(C)(C)OC(=O)N1CCN(C(=O)C2C[C@H]2c2ccc(S)cc2)CC1. The molecule has 25 heavy (non-hydrogen) atoms. The Morgan fingerprint density at radius 2 is 1.60 bits per heavy atom. The molecule has 0 N–H and O–H groups in total. The highest BCUT2D eigenvalue weighted by Gasteiger charge is 2.46. The Kier molecular flexibility index (Phi) is 5.00. The molecule has 0 radical (unpaired) electrons. The van der Waals surface area contributed by atoms with Crippen molar-refractivity contribution >= 4 is 24.6 Å². The van der Waals surface area contributed by atoms with Crippen molar-refractivity contribution in [3.05, 3.63) is 29.8 Å². The summed E-state index contributed by atoms with van der Waals surface area (Å²) < 4.78 is 5.39. The van der Waals surface area contributed by atoms with Crippen molar-refractivity contribution in [2.45, 2.75) is 43.6 Å². The van der Waals surface area contributed by atoms with Gasteiger partial charge in [-0.2, -0.15) is 0 Å². The molecule has 0 aromatic heterocycles. The van der Waals surface area contributed by atoms with E-state index in [9.17, 15) is 9.59 Å². The molecule has 136 valence electrons. The third kappa shape index (κ3) is 4.48. The Morgan fingerprint density at radius 3 is 2.16 bits per heavy atom. The fourth-order valence-electron chi connectivity index (χ4n) is 3.23. The molecule has 1 aromatic rings. The molecule has 2 atom stereocenters. The zero-order chi connectivity index (χ0) is 18.2. The third-order valence-electron chi connectivity index (χ3n) is 4.67. The lowest BCUT2D eigenvalue weighted by Gasteiger charge is -2.35. The number of amides is 2. The smallest absolute Gasteiger partial charge is 0.410 e. The molecule has 2 aliphatic rings. The van der Waals surface area contributed by atoms with Crippen LogP contribution in [0.4, 0.5) is 4.79 Å². The average molecular weight is 362 g/mol. The molecule has 0 bridgehead atoms. The molecule has 3 rings (SSSR count). The van der Waals surface area contributed by atoms with Gasteiger partial charge in [-0.25, -0.2) is 4.79 Å². The molecule has 1 heterocycles. The van der Waals surface area contributed by atoms with Crippen LogP contribution in [0.5, 0.6) is 0 Å². The summed E-state index contributed by atoms with van der Waals surface area (Å²) in [6.45, 7) is 7.81. The van der Waals surface area contributed by atoms with Crippen LogP contribution in [0, 0.1) is 5.92 Å². The zero-order valence-corrected chi connectivity index (χ0v) is 16.0. The second kappa shape index (κ2) is 6.90. The van der Waals surface area contributed by atoms with E-state index in [4.69, 9.17) is 4.74 Å². The highest BCUT2D eigenvalue weighted by Crippen LogP contribution is 2.48. The normalized spacial score (nSPS) is 23.4. The summed E-state index contributed by atoms with van der Waals surface area (Å²) in [6.07, 6.45) is 0.618. The van der Waals surface area contributed by atoms with Gasteiger partial charge < -0.3 is 14.5 Å². The van der Waals surface area contributed by atoms with E-state index in [0.29, 0.717) is 32.1 Å². The van der Waals surface area contributed by atoms with Crippen LogP contribution in [-0.4, -0.2) is 53.6 Å². The van der Waals surface area contributed by atoms with E-state index in [2.05, 4.69) is 24.8 Å². The maximum Gasteiger partial charge on any atom is 0.410 e. The topological polar surface area (TPSA) is 49.9 Å². The van der Waals surface area contributed by atoms with E-state index < -0.39 is 5.60 Å². The first-order valence-corrected chi connectivity index (χ1v) is 9.25. The van der Waals surface area contributed by atoms with Gasteiger partial charge in [-0.3, -0.25) is 4.79 Å². The van der Waals surface area contributed by atoms with Gasteiger partial charge in [-0.1, -0.05) is 12.1 Å². The van der Waals surface area contributed by atoms with E-state index in [-0.39, 0.29) is 17.9 Å². The molecule has 1 saturated heterocycles. The van der Waals surface area contributed by atoms with Crippen molar-refractivity contribution in [1.29, 1.82) is 0 Å². The van der Waals surface area contributed by atoms with Crippen molar-refractivity contribution in [2.75, 3.05) is 26.2 Å². The van der Waals surface area contributed by atoms with Crippen molar-refractivity contribution in [2.24, 2.45) is 5.92 Å². The van der Waals surface area contributed by atoms with E-state index in [1.165, 1.54) is 5.56 Å². The molecule has 6 heteroatoms. The van der Waals surface area contributed by atoms with Gasteiger partial charge in [0.15, 0.2) is 0 Å².